The van der Waals surface area contributed by atoms with Gasteiger partial charge >= 0.3 is 0 Å². The fraction of sp³-hybridized carbons (Fsp3) is 1.00. The summed E-state index contributed by atoms with van der Waals surface area (Å²) in [6.45, 7) is 6.01. The summed E-state index contributed by atoms with van der Waals surface area (Å²) < 4.78 is 0. The fourth-order valence-corrected chi connectivity index (χ4v) is 3.88. The minimum Gasteiger partial charge on any atom is -0.302 e. The normalized spacial score (nSPS) is 42.0. The van der Waals surface area contributed by atoms with Crippen molar-refractivity contribution >= 4 is 11.8 Å². The standard InChI is InChI=1S/C9H17NS/c1-8(2)3-4-9(7-8)10-5-6-11-9/h10H,3-7H2,1-2H3. The van der Waals surface area contributed by atoms with Crippen molar-refractivity contribution in [2.75, 3.05) is 12.3 Å². The van der Waals surface area contributed by atoms with Gasteiger partial charge in [-0.1, -0.05) is 13.8 Å². The third-order valence-electron chi connectivity index (χ3n) is 2.90. The minimum atomic E-state index is 0.490. The maximum absolute atomic E-state index is 3.65. The Morgan fingerprint density at radius 2 is 2.09 bits per heavy atom. The summed E-state index contributed by atoms with van der Waals surface area (Å²) in [5.74, 6) is 1.32. The summed E-state index contributed by atoms with van der Waals surface area (Å²) >= 11 is 2.14. The predicted molar refractivity (Wildman–Crippen MR) is 50.8 cm³/mol. The molecule has 2 fully saturated rings. The van der Waals surface area contributed by atoms with Crippen LogP contribution in [0.3, 0.4) is 0 Å². The number of hydrogen-bond acceptors (Lipinski definition) is 2. The Kier molecular flexibility index (Phi) is 1.73. The molecule has 0 amide bonds. The molecule has 0 aromatic rings. The van der Waals surface area contributed by atoms with E-state index in [1.165, 1.54) is 31.6 Å². The Labute approximate surface area is 73.3 Å². The van der Waals surface area contributed by atoms with Crippen molar-refractivity contribution in [1.82, 2.24) is 5.32 Å². The van der Waals surface area contributed by atoms with Gasteiger partial charge in [-0.05, 0) is 24.7 Å². The van der Waals surface area contributed by atoms with Crippen LogP contribution in [0.5, 0.6) is 0 Å². The molecule has 2 aliphatic rings. The van der Waals surface area contributed by atoms with Crippen LogP contribution >= 0.6 is 11.8 Å². The first kappa shape index (κ1) is 7.93. The topological polar surface area (TPSA) is 12.0 Å². The Morgan fingerprint density at radius 3 is 2.55 bits per heavy atom. The molecule has 2 rings (SSSR count). The first-order chi connectivity index (χ1) is 5.12. The Hall–Kier alpha value is 0.310. The average Bonchev–Trinajstić information content (AvgIpc) is 2.43. The van der Waals surface area contributed by atoms with Crippen LogP contribution in [0.1, 0.15) is 33.1 Å². The molecule has 11 heavy (non-hydrogen) atoms. The lowest BCUT2D eigenvalue weighted by Gasteiger charge is -2.25. The van der Waals surface area contributed by atoms with E-state index in [1.807, 2.05) is 0 Å². The summed E-state index contributed by atoms with van der Waals surface area (Å²) in [6.07, 6.45) is 4.14. The van der Waals surface area contributed by atoms with Crippen LogP contribution < -0.4 is 5.32 Å². The van der Waals surface area contributed by atoms with Gasteiger partial charge in [-0.15, -0.1) is 11.8 Å². The zero-order valence-electron chi connectivity index (χ0n) is 7.44. The molecule has 1 saturated carbocycles. The zero-order chi connectivity index (χ0) is 7.95. The molecule has 2 heteroatoms. The molecular formula is C9H17NS. The molecule has 1 heterocycles. The lowest BCUT2D eigenvalue weighted by molar-refractivity contribution is 0.360. The van der Waals surface area contributed by atoms with Gasteiger partial charge in [0.15, 0.2) is 0 Å². The fourth-order valence-electron chi connectivity index (χ4n) is 2.34. The van der Waals surface area contributed by atoms with E-state index in [2.05, 4.69) is 30.9 Å². The highest BCUT2D eigenvalue weighted by atomic mass is 32.2. The van der Waals surface area contributed by atoms with E-state index in [0.717, 1.165) is 0 Å². The van der Waals surface area contributed by atoms with Gasteiger partial charge in [0, 0.05) is 12.3 Å². The third-order valence-corrected chi connectivity index (χ3v) is 4.35. The summed E-state index contributed by atoms with van der Waals surface area (Å²) in [7, 11) is 0. The van der Waals surface area contributed by atoms with Crippen LogP contribution in [0.4, 0.5) is 0 Å². The van der Waals surface area contributed by atoms with Crippen LogP contribution in [-0.2, 0) is 0 Å². The van der Waals surface area contributed by atoms with E-state index < -0.39 is 0 Å². The van der Waals surface area contributed by atoms with Gasteiger partial charge in [0.1, 0.15) is 0 Å². The number of nitrogens with one attached hydrogen (secondary N) is 1. The number of rotatable bonds is 0. The summed E-state index contributed by atoms with van der Waals surface area (Å²) in [5.41, 5.74) is 0.588. The molecule has 1 aliphatic heterocycles. The van der Waals surface area contributed by atoms with Gasteiger partial charge in [0.25, 0.3) is 0 Å². The van der Waals surface area contributed by atoms with E-state index in [-0.39, 0.29) is 0 Å². The van der Waals surface area contributed by atoms with Gasteiger partial charge < -0.3 is 5.32 Å². The third kappa shape index (κ3) is 1.43. The van der Waals surface area contributed by atoms with Crippen LogP contribution in [0.25, 0.3) is 0 Å². The molecule has 1 atom stereocenters. The smallest absolute Gasteiger partial charge is 0.0651 e. The summed E-state index contributed by atoms with van der Waals surface area (Å²) in [4.78, 5) is 0.490. The molecule has 0 radical (unpaired) electrons. The van der Waals surface area contributed by atoms with Crippen LogP contribution in [0.15, 0.2) is 0 Å². The summed E-state index contributed by atoms with van der Waals surface area (Å²) in [5, 5.41) is 3.65. The first-order valence-corrected chi connectivity index (χ1v) is 5.50. The van der Waals surface area contributed by atoms with Crippen molar-refractivity contribution in [2.45, 2.75) is 38.0 Å². The lowest BCUT2D eigenvalue weighted by Crippen LogP contribution is -2.34. The highest BCUT2D eigenvalue weighted by Crippen LogP contribution is 2.50. The van der Waals surface area contributed by atoms with E-state index >= 15 is 0 Å². The maximum atomic E-state index is 3.65. The Morgan fingerprint density at radius 1 is 1.27 bits per heavy atom. The van der Waals surface area contributed by atoms with Crippen molar-refractivity contribution < 1.29 is 0 Å². The van der Waals surface area contributed by atoms with Crippen molar-refractivity contribution in [1.29, 1.82) is 0 Å². The highest BCUT2D eigenvalue weighted by Gasteiger charge is 2.45. The highest BCUT2D eigenvalue weighted by molar-refractivity contribution is 8.00. The molecule has 0 aromatic heterocycles. The van der Waals surface area contributed by atoms with Gasteiger partial charge in [-0.3, -0.25) is 0 Å². The Bertz CT molecular complexity index is 159. The van der Waals surface area contributed by atoms with Gasteiger partial charge in [0.05, 0.1) is 4.87 Å². The molecule has 1 N–H and O–H groups in total. The second-order valence-corrected chi connectivity index (χ2v) is 6.09. The summed E-state index contributed by atoms with van der Waals surface area (Å²) in [6, 6.07) is 0. The van der Waals surface area contributed by atoms with Crippen molar-refractivity contribution in [2.24, 2.45) is 5.41 Å². The second kappa shape index (κ2) is 2.40. The van der Waals surface area contributed by atoms with Crippen molar-refractivity contribution in [3.05, 3.63) is 0 Å². The minimum absolute atomic E-state index is 0.490. The van der Waals surface area contributed by atoms with E-state index in [1.54, 1.807) is 0 Å². The zero-order valence-corrected chi connectivity index (χ0v) is 8.26. The van der Waals surface area contributed by atoms with Gasteiger partial charge in [-0.25, -0.2) is 0 Å². The monoisotopic (exact) mass is 171 g/mol. The molecular weight excluding hydrogens is 154 g/mol. The van der Waals surface area contributed by atoms with Crippen LogP contribution in [-0.4, -0.2) is 17.2 Å². The van der Waals surface area contributed by atoms with Crippen LogP contribution in [0, 0.1) is 5.41 Å². The SMILES string of the molecule is CC1(C)CCC2(C1)NCCS2. The van der Waals surface area contributed by atoms with Crippen LogP contribution in [0.2, 0.25) is 0 Å². The molecule has 0 aromatic carbocycles. The molecule has 1 nitrogen and oxygen atoms in total. The van der Waals surface area contributed by atoms with Crippen molar-refractivity contribution in [3.63, 3.8) is 0 Å². The van der Waals surface area contributed by atoms with Crippen molar-refractivity contribution in [3.8, 4) is 0 Å². The molecule has 1 unspecified atom stereocenters. The Balaban J connectivity index is 2.07. The molecule has 0 bridgehead atoms. The number of thioether (sulfide) groups is 1. The predicted octanol–water partition coefficient (Wildman–Crippen LogP) is 2.23. The molecule has 1 spiro atoms. The van der Waals surface area contributed by atoms with E-state index in [9.17, 15) is 0 Å². The largest absolute Gasteiger partial charge is 0.302 e. The van der Waals surface area contributed by atoms with E-state index in [0.29, 0.717) is 10.3 Å². The maximum Gasteiger partial charge on any atom is 0.0651 e. The van der Waals surface area contributed by atoms with E-state index in [4.69, 9.17) is 0 Å². The average molecular weight is 171 g/mol. The first-order valence-electron chi connectivity index (χ1n) is 4.51. The quantitative estimate of drug-likeness (QED) is 0.600. The van der Waals surface area contributed by atoms with Gasteiger partial charge in [0.2, 0.25) is 0 Å². The lowest BCUT2D eigenvalue weighted by atomic mass is 9.92. The molecule has 1 aliphatic carbocycles. The molecule has 64 valence electrons. The molecule has 1 saturated heterocycles. The second-order valence-electron chi connectivity index (χ2n) is 4.61. The van der Waals surface area contributed by atoms with Gasteiger partial charge in [-0.2, -0.15) is 0 Å². The number of hydrogen-bond donors (Lipinski definition) is 1.